The Labute approximate surface area is 238 Å². The van der Waals surface area contributed by atoms with Gasteiger partial charge in [0.1, 0.15) is 11.4 Å². The number of nitrogens with one attached hydrogen (secondary N) is 3. The molecule has 0 bridgehead atoms. The fourth-order valence-electron chi connectivity index (χ4n) is 3.41. The van der Waals surface area contributed by atoms with Gasteiger partial charge in [0.05, 0.1) is 11.7 Å². The molecule has 0 atom stereocenters. The molecule has 0 saturated heterocycles. The van der Waals surface area contributed by atoms with Gasteiger partial charge in [0.15, 0.2) is 6.29 Å². The van der Waals surface area contributed by atoms with Crippen LogP contribution in [0.3, 0.4) is 0 Å². The monoisotopic (exact) mass is 561 g/mol. The zero-order valence-electron chi connectivity index (χ0n) is 23.0. The molecule has 0 fully saturated rings. The van der Waals surface area contributed by atoms with E-state index in [1.165, 1.54) is 0 Å². The molecule has 208 valence electrons. The van der Waals surface area contributed by atoms with Crippen molar-refractivity contribution in [3.63, 3.8) is 0 Å². The highest BCUT2D eigenvalue weighted by atomic mass is 35.5. The smallest absolute Gasteiger partial charge is 0.255 e. The average Bonchev–Trinajstić information content (AvgIpc) is 3.47. The second kappa shape index (κ2) is 14.5. The minimum Gasteiger partial charge on any atom is -0.490 e. The number of para-hydroxylation sites is 1. The van der Waals surface area contributed by atoms with Crippen molar-refractivity contribution < 1.29 is 18.7 Å². The highest BCUT2D eigenvalue weighted by molar-refractivity contribution is 6.30. The molecule has 3 aromatic carbocycles. The number of benzene rings is 3. The van der Waals surface area contributed by atoms with Crippen molar-refractivity contribution in [2.24, 2.45) is 0 Å². The summed E-state index contributed by atoms with van der Waals surface area (Å²) in [6.07, 6.45) is 0.531. The molecule has 0 aliphatic carbocycles. The second-order valence-electron chi connectivity index (χ2n) is 8.78. The van der Waals surface area contributed by atoms with E-state index in [0.29, 0.717) is 39.4 Å². The van der Waals surface area contributed by atoms with E-state index < -0.39 is 5.91 Å². The number of carbonyl (C=O) groups excluding carboxylic acids is 2. The zero-order valence-corrected chi connectivity index (χ0v) is 23.7. The van der Waals surface area contributed by atoms with Crippen molar-refractivity contribution in [2.45, 2.75) is 26.9 Å². The van der Waals surface area contributed by atoms with Crippen LogP contribution in [0.15, 0.2) is 88.6 Å². The third-order valence-electron chi connectivity index (χ3n) is 5.54. The number of allylic oxidation sites excluding steroid dienone is 2. The van der Waals surface area contributed by atoms with Crippen LogP contribution in [0.1, 0.15) is 31.1 Å². The van der Waals surface area contributed by atoms with Crippen LogP contribution in [-0.2, 0) is 4.79 Å². The predicted molar refractivity (Wildman–Crippen MR) is 157 cm³/mol. The number of halogens is 1. The molecule has 0 radical (unpaired) electrons. The number of aromatic nitrogens is 2. The average molecular weight is 562 g/mol. The largest absolute Gasteiger partial charge is 0.490 e. The number of amides is 1. The number of anilines is 1. The van der Waals surface area contributed by atoms with Crippen molar-refractivity contribution in [2.75, 3.05) is 19.4 Å². The lowest BCUT2D eigenvalue weighted by atomic mass is 10.1. The molecule has 0 aliphatic heterocycles. The lowest BCUT2D eigenvalue weighted by Crippen LogP contribution is -2.26. The topological polar surface area (TPSA) is 118 Å². The summed E-state index contributed by atoms with van der Waals surface area (Å²) in [5, 5.41) is 17.2. The van der Waals surface area contributed by atoms with Gasteiger partial charge in [0.25, 0.3) is 11.8 Å². The minimum atomic E-state index is -0.439. The normalized spacial score (nSPS) is 11.1. The zero-order chi connectivity index (χ0) is 29.1. The molecule has 4 aromatic rings. The Morgan fingerprint density at radius 1 is 0.975 bits per heavy atom. The quantitative estimate of drug-likeness (QED) is 0.169. The van der Waals surface area contributed by atoms with Gasteiger partial charge in [-0.2, -0.15) is 0 Å². The van der Waals surface area contributed by atoms with E-state index in [1.807, 2.05) is 51.2 Å². The second-order valence-corrected chi connectivity index (χ2v) is 9.21. The molecular weight excluding hydrogens is 530 g/mol. The maximum absolute atomic E-state index is 12.6. The van der Waals surface area contributed by atoms with E-state index in [-0.39, 0.29) is 23.6 Å². The van der Waals surface area contributed by atoms with Crippen molar-refractivity contribution in [1.82, 2.24) is 20.8 Å². The molecule has 10 heteroatoms. The van der Waals surface area contributed by atoms with Crippen LogP contribution in [0.25, 0.3) is 22.9 Å². The van der Waals surface area contributed by atoms with Crippen LogP contribution in [0, 0.1) is 0 Å². The van der Waals surface area contributed by atoms with Gasteiger partial charge in [-0.15, -0.1) is 10.2 Å². The molecule has 4 rings (SSSR count). The van der Waals surface area contributed by atoms with Gasteiger partial charge in [0.2, 0.25) is 5.89 Å². The van der Waals surface area contributed by atoms with E-state index in [9.17, 15) is 9.59 Å². The van der Waals surface area contributed by atoms with E-state index >= 15 is 0 Å². The molecule has 1 amide bonds. The maximum Gasteiger partial charge on any atom is 0.255 e. The number of hydrogen-bond acceptors (Lipinski definition) is 8. The summed E-state index contributed by atoms with van der Waals surface area (Å²) < 4.78 is 11.7. The predicted octanol–water partition coefficient (Wildman–Crippen LogP) is 5.95. The molecule has 9 nitrogen and oxygen atoms in total. The molecular formula is C30H32ClN5O4. The van der Waals surface area contributed by atoms with Gasteiger partial charge in [-0.05, 0) is 69.3 Å². The first-order chi connectivity index (χ1) is 19.2. The fraction of sp³-hybridized carbons (Fsp3) is 0.200. The summed E-state index contributed by atoms with van der Waals surface area (Å²) >= 11 is 6.15. The minimum absolute atomic E-state index is 0.0515. The molecule has 1 heterocycles. The van der Waals surface area contributed by atoms with Crippen molar-refractivity contribution in [3.05, 3.63) is 94.8 Å². The highest BCUT2D eigenvalue weighted by Gasteiger charge is 2.18. The first kappa shape index (κ1) is 29.9. The molecule has 1 aromatic heterocycles. The van der Waals surface area contributed by atoms with E-state index in [2.05, 4.69) is 26.1 Å². The summed E-state index contributed by atoms with van der Waals surface area (Å²) in [5.41, 5.74) is 3.31. The Hall–Kier alpha value is -4.63. The summed E-state index contributed by atoms with van der Waals surface area (Å²) in [5.74, 6) is 0.595. The van der Waals surface area contributed by atoms with Gasteiger partial charge in [-0.25, -0.2) is 0 Å². The Morgan fingerprint density at radius 3 is 2.33 bits per heavy atom. The van der Waals surface area contributed by atoms with E-state index in [1.54, 1.807) is 56.4 Å². The van der Waals surface area contributed by atoms with Crippen molar-refractivity contribution in [1.29, 1.82) is 0 Å². The Balaban J connectivity index is 0.000000472. The Bertz CT molecular complexity index is 1470. The summed E-state index contributed by atoms with van der Waals surface area (Å²) in [7, 11) is 3.58. The van der Waals surface area contributed by atoms with Crippen molar-refractivity contribution in [3.8, 4) is 28.7 Å². The van der Waals surface area contributed by atoms with Crippen molar-refractivity contribution >= 4 is 29.5 Å². The first-order valence-electron chi connectivity index (χ1n) is 12.5. The maximum atomic E-state index is 12.6. The standard InChI is InChI=1S/C23H23ClN4O4.C7H9N/c1-13(2)31-20-9-8-17(24)11-18(20)23-28-27-22(32-23)16-7-5-6-15(10-16)21(30)26-19(12-29)14(3)25-4;1-8-7-5-3-2-4-6-7/h5-13,25H,1-4H3,(H,26,30);2-6,8H,1H3/b19-14+;. The van der Waals surface area contributed by atoms with Gasteiger partial charge < -0.3 is 25.1 Å². The molecule has 0 unspecified atom stereocenters. The number of aldehydes is 1. The van der Waals surface area contributed by atoms with Crippen LogP contribution in [0.4, 0.5) is 5.69 Å². The molecule has 40 heavy (non-hydrogen) atoms. The third kappa shape index (κ3) is 8.18. The Kier molecular flexibility index (Phi) is 10.8. The van der Waals surface area contributed by atoms with Gasteiger partial charge >= 0.3 is 0 Å². The van der Waals surface area contributed by atoms with Crippen LogP contribution >= 0.6 is 11.6 Å². The van der Waals surface area contributed by atoms with Gasteiger partial charge in [-0.3, -0.25) is 9.59 Å². The lowest BCUT2D eigenvalue weighted by Gasteiger charge is -2.12. The molecule has 0 saturated carbocycles. The van der Waals surface area contributed by atoms with Crippen LogP contribution < -0.4 is 20.7 Å². The van der Waals surface area contributed by atoms with Gasteiger partial charge in [-0.1, -0.05) is 35.9 Å². The SMILES string of the molecule is CN/C(C)=C(\C=O)NC(=O)c1cccc(-c2nnc(-c3cc(Cl)ccc3OC(C)C)o2)c1.CNc1ccccc1. The molecule has 0 aliphatic rings. The van der Waals surface area contributed by atoms with Gasteiger partial charge in [0, 0.05) is 41.6 Å². The first-order valence-corrected chi connectivity index (χ1v) is 12.9. The number of carbonyl (C=O) groups is 2. The number of nitrogens with zero attached hydrogens (tertiary/aromatic N) is 2. The van der Waals surface area contributed by atoms with Crippen LogP contribution in [0.5, 0.6) is 5.75 Å². The number of hydrogen-bond donors (Lipinski definition) is 3. The number of ether oxygens (including phenoxy) is 1. The van der Waals surface area contributed by atoms with Crippen LogP contribution in [0.2, 0.25) is 5.02 Å². The third-order valence-corrected chi connectivity index (χ3v) is 5.77. The Morgan fingerprint density at radius 2 is 1.70 bits per heavy atom. The highest BCUT2D eigenvalue weighted by Crippen LogP contribution is 2.34. The van der Waals surface area contributed by atoms with E-state index in [4.69, 9.17) is 20.8 Å². The number of rotatable bonds is 9. The summed E-state index contributed by atoms with van der Waals surface area (Å²) in [6.45, 7) is 5.52. The fourth-order valence-corrected chi connectivity index (χ4v) is 3.59. The summed E-state index contributed by atoms with van der Waals surface area (Å²) in [4.78, 5) is 23.9. The lowest BCUT2D eigenvalue weighted by molar-refractivity contribution is -0.105. The molecule has 3 N–H and O–H groups in total. The van der Waals surface area contributed by atoms with E-state index in [0.717, 1.165) is 5.69 Å². The van der Waals surface area contributed by atoms with Crippen LogP contribution in [-0.4, -0.2) is 42.6 Å². The molecule has 0 spiro atoms. The summed E-state index contributed by atoms with van der Waals surface area (Å²) in [6, 6.07) is 21.9.